The fourth-order valence-electron chi connectivity index (χ4n) is 3.18. The molecule has 21 heavy (non-hydrogen) atoms. The molecule has 1 saturated carbocycles. The first-order chi connectivity index (χ1) is 9.97. The number of piperidine rings is 1. The predicted octanol–water partition coefficient (Wildman–Crippen LogP) is 2.85. The van der Waals surface area contributed by atoms with Crippen LogP contribution in [0.2, 0.25) is 0 Å². The number of anilines is 1. The van der Waals surface area contributed by atoms with Crippen LogP contribution >= 0.6 is 0 Å². The number of amides is 1. The van der Waals surface area contributed by atoms with Gasteiger partial charge in [-0.15, -0.1) is 0 Å². The van der Waals surface area contributed by atoms with Gasteiger partial charge in [-0.1, -0.05) is 0 Å². The molecule has 1 aromatic carbocycles. The van der Waals surface area contributed by atoms with Gasteiger partial charge < -0.3 is 10.1 Å². The summed E-state index contributed by atoms with van der Waals surface area (Å²) in [5, 5.41) is 5.54. The van der Waals surface area contributed by atoms with Gasteiger partial charge in [0.25, 0.3) is 0 Å². The van der Waals surface area contributed by atoms with Crippen molar-refractivity contribution in [1.82, 2.24) is 5.32 Å². The molecule has 1 saturated heterocycles. The predicted molar refractivity (Wildman–Crippen MR) is 74.2 cm³/mol. The van der Waals surface area contributed by atoms with E-state index in [9.17, 15) is 13.6 Å². The molecule has 2 fully saturated rings. The van der Waals surface area contributed by atoms with Crippen molar-refractivity contribution >= 4 is 11.8 Å². The Morgan fingerprint density at radius 1 is 1.29 bits per heavy atom. The summed E-state index contributed by atoms with van der Waals surface area (Å²) >= 11 is 0. The lowest BCUT2D eigenvalue weighted by Gasteiger charge is -2.12. The van der Waals surface area contributed by atoms with Gasteiger partial charge in [-0.3, -0.25) is 5.32 Å². The van der Waals surface area contributed by atoms with Gasteiger partial charge in [-0.25, -0.2) is 13.6 Å². The number of nitrogens with one attached hydrogen (secondary N) is 2. The maximum absolute atomic E-state index is 14.2. The molecule has 6 heteroatoms. The molecule has 2 aliphatic rings. The van der Waals surface area contributed by atoms with Crippen LogP contribution in [0, 0.1) is 23.5 Å². The summed E-state index contributed by atoms with van der Waals surface area (Å²) in [7, 11) is 0. The summed E-state index contributed by atoms with van der Waals surface area (Å²) in [4.78, 5) is 11.4. The second-order valence-corrected chi connectivity index (χ2v) is 5.94. The Kier molecular flexibility index (Phi) is 3.57. The fraction of sp³-hybridized carbons (Fsp3) is 0.533. The first-order valence-electron chi connectivity index (χ1n) is 7.14. The molecule has 3 rings (SSSR count). The second-order valence-electron chi connectivity index (χ2n) is 5.94. The normalized spacial score (nSPS) is 26.6. The monoisotopic (exact) mass is 296 g/mol. The molecular weight excluding hydrogens is 278 g/mol. The number of rotatable bonds is 3. The van der Waals surface area contributed by atoms with Crippen LogP contribution in [-0.4, -0.2) is 25.3 Å². The molecular formula is C15H18F2N2O2. The summed E-state index contributed by atoms with van der Waals surface area (Å²) in [6.07, 6.45) is -1.01. The standard InChI is InChI=1S/C15H18F2N2O2/c1-7(2)21-15(20)19-8-3-11(16)14(12(17)4-8)13-9-5-18-6-10(9)13/h3-4,7,9-10,13,18H,5-6H2,1-2H3,(H,19,20)/t9-,10+,13+. The van der Waals surface area contributed by atoms with Crippen molar-refractivity contribution in [1.29, 1.82) is 0 Å². The molecule has 0 spiro atoms. The van der Waals surface area contributed by atoms with Gasteiger partial charge >= 0.3 is 6.09 Å². The number of ether oxygens (including phenoxy) is 1. The number of carbonyl (C=O) groups is 1. The quantitative estimate of drug-likeness (QED) is 0.902. The molecule has 1 amide bonds. The lowest BCUT2D eigenvalue weighted by Crippen LogP contribution is -2.18. The number of hydrogen-bond donors (Lipinski definition) is 2. The van der Waals surface area contributed by atoms with E-state index in [4.69, 9.17) is 4.74 Å². The highest BCUT2D eigenvalue weighted by Gasteiger charge is 2.55. The third kappa shape index (κ3) is 2.72. The van der Waals surface area contributed by atoms with Gasteiger partial charge in [0.2, 0.25) is 0 Å². The Hall–Kier alpha value is -1.69. The van der Waals surface area contributed by atoms with Gasteiger partial charge in [0, 0.05) is 11.3 Å². The van der Waals surface area contributed by atoms with E-state index in [0.717, 1.165) is 25.2 Å². The SMILES string of the molecule is CC(C)OC(=O)Nc1cc(F)c([C@H]2[C@@H]3CNC[C@@H]32)c(F)c1. The molecule has 1 aliphatic heterocycles. The highest BCUT2D eigenvalue weighted by molar-refractivity contribution is 5.84. The highest BCUT2D eigenvalue weighted by atomic mass is 19.1. The van der Waals surface area contributed by atoms with Crippen molar-refractivity contribution in [3.8, 4) is 0 Å². The Balaban J connectivity index is 1.75. The van der Waals surface area contributed by atoms with E-state index < -0.39 is 17.7 Å². The molecule has 114 valence electrons. The Morgan fingerprint density at radius 3 is 2.38 bits per heavy atom. The van der Waals surface area contributed by atoms with E-state index in [2.05, 4.69) is 10.6 Å². The van der Waals surface area contributed by atoms with Crippen molar-refractivity contribution in [3.63, 3.8) is 0 Å². The lowest BCUT2D eigenvalue weighted by atomic mass is 10.0. The summed E-state index contributed by atoms with van der Waals surface area (Å²) in [5.74, 6) is -0.580. The van der Waals surface area contributed by atoms with Crippen molar-refractivity contribution in [2.45, 2.75) is 25.9 Å². The Labute approximate surface area is 121 Å². The van der Waals surface area contributed by atoms with Crippen molar-refractivity contribution in [2.75, 3.05) is 18.4 Å². The zero-order valence-corrected chi connectivity index (χ0v) is 12.0. The van der Waals surface area contributed by atoms with Gasteiger partial charge in [0.15, 0.2) is 0 Å². The van der Waals surface area contributed by atoms with Gasteiger partial charge in [-0.05, 0) is 56.8 Å². The van der Waals surface area contributed by atoms with E-state index in [0.29, 0.717) is 11.8 Å². The van der Waals surface area contributed by atoms with E-state index >= 15 is 0 Å². The van der Waals surface area contributed by atoms with Crippen molar-refractivity contribution in [3.05, 3.63) is 29.3 Å². The van der Waals surface area contributed by atoms with Crippen LogP contribution in [0.15, 0.2) is 12.1 Å². The molecule has 0 bridgehead atoms. The number of benzene rings is 1. The zero-order valence-electron chi connectivity index (χ0n) is 12.0. The van der Waals surface area contributed by atoms with E-state index in [1.54, 1.807) is 13.8 Å². The van der Waals surface area contributed by atoms with E-state index in [1.165, 1.54) is 0 Å². The average Bonchev–Trinajstić information content (AvgIpc) is 2.80. The molecule has 0 aromatic heterocycles. The van der Waals surface area contributed by atoms with Crippen LogP contribution in [0.5, 0.6) is 0 Å². The minimum atomic E-state index is -0.718. The van der Waals surface area contributed by atoms with Crippen LogP contribution in [0.25, 0.3) is 0 Å². The molecule has 0 unspecified atom stereocenters. The second kappa shape index (κ2) is 5.26. The molecule has 1 aliphatic carbocycles. The van der Waals surface area contributed by atoms with Crippen molar-refractivity contribution < 1.29 is 18.3 Å². The maximum Gasteiger partial charge on any atom is 0.411 e. The zero-order chi connectivity index (χ0) is 15.1. The molecule has 4 nitrogen and oxygen atoms in total. The average molecular weight is 296 g/mol. The van der Waals surface area contributed by atoms with Gasteiger partial charge in [0.1, 0.15) is 11.6 Å². The van der Waals surface area contributed by atoms with Crippen LogP contribution in [0.4, 0.5) is 19.3 Å². The maximum atomic E-state index is 14.2. The number of hydrogen-bond acceptors (Lipinski definition) is 3. The number of halogens is 2. The van der Waals surface area contributed by atoms with E-state index in [1.807, 2.05) is 0 Å². The largest absolute Gasteiger partial charge is 0.447 e. The van der Waals surface area contributed by atoms with Gasteiger partial charge in [0.05, 0.1) is 6.10 Å². The lowest BCUT2D eigenvalue weighted by molar-refractivity contribution is 0.130. The molecule has 3 atom stereocenters. The van der Waals surface area contributed by atoms with Crippen LogP contribution in [0.1, 0.15) is 25.3 Å². The molecule has 2 N–H and O–H groups in total. The smallest absolute Gasteiger partial charge is 0.411 e. The number of fused-ring (bicyclic) bond motifs is 1. The van der Waals surface area contributed by atoms with E-state index in [-0.39, 0.29) is 23.3 Å². The summed E-state index contributed by atoms with van der Waals surface area (Å²) in [5.41, 5.74) is 0.220. The summed E-state index contributed by atoms with van der Waals surface area (Å²) < 4.78 is 33.2. The number of carbonyl (C=O) groups excluding carboxylic acids is 1. The van der Waals surface area contributed by atoms with Crippen LogP contribution in [0.3, 0.4) is 0 Å². The third-order valence-corrected chi connectivity index (χ3v) is 4.09. The van der Waals surface area contributed by atoms with Gasteiger partial charge in [-0.2, -0.15) is 0 Å². The Bertz CT molecular complexity index is 544. The molecule has 1 aromatic rings. The topological polar surface area (TPSA) is 50.4 Å². The fourth-order valence-corrected chi connectivity index (χ4v) is 3.18. The highest BCUT2D eigenvalue weighted by Crippen LogP contribution is 2.57. The third-order valence-electron chi connectivity index (χ3n) is 4.09. The summed E-state index contributed by atoms with van der Waals surface area (Å²) in [6.45, 7) is 5.03. The minimum Gasteiger partial charge on any atom is -0.447 e. The summed E-state index contributed by atoms with van der Waals surface area (Å²) in [6, 6.07) is 2.31. The Morgan fingerprint density at radius 2 is 1.86 bits per heavy atom. The molecule has 0 radical (unpaired) electrons. The van der Waals surface area contributed by atoms with Crippen molar-refractivity contribution in [2.24, 2.45) is 11.8 Å². The molecule has 1 heterocycles. The van der Waals surface area contributed by atoms with Crippen LogP contribution in [-0.2, 0) is 4.74 Å². The first kappa shape index (κ1) is 14.3. The minimum absolute atomic E-state index is 0.0390. The van der Waals surface area contributed by atoms with Crippen LogP contribution < -0.4 is 10.6 Å². The first-order valence-corrected chi connectivity index (χ1v) is 7.14.